The minimum atomic E-state index is -0.881. The Balaban J connectivity index is 2.13. The first-order chi connectivity index (χ1) is 8.15. The van der Waals surface area contributed by atoms with Crippen molar-refractivity contribution in [2.24, 2.45) is 0 Å². The SMILES string of the molecule is CCC(C)SN1C(=O)[C@H](O)[C@@H]1c1ccccc1. The van der Waals surface area contributed by atoms with Crippen LogP contribution < -0.4 is 0 Å². The van der Waals surface area contributed by atoms with Gasteiger partial charge in [-0.3, -0.25) is 9.10 Å². The molecule has 2 rings (SSSR count). The number of carbonyl (C=O) groups excluding carboxylic acids is 1. The van der Waals surface area contributed by atoms with Gasteiger partial charge in [0, 0.05) is 5.25 Å². The summed E-state index contributed by atoms with van der Waals surface area (Å²) in [5.41, 5.74) is 0.996. The zero-order valence-corrected chi connectivity index (χ0v) is 10.9. The number of hydrogen-bond acceptors (Lipinski definition) is 3. The molecule has 4 heteroatoms. The molecule has 1 aromatic rings. The Kier molecular flexibility index (Phi) is 3.74. The fourth-order valence-electron chi connectivity index (χ4n) is 1.80. The Bertz CT molecular complexity index is 396. The lowest BCUT2D eigenvalue weighted by molar-refractivity contribution is -0.154. The van der Waals surface area contributed by atoms with Crippen LogP contribution >= 0.6 is 11.9 Å². The molecule has 0 aromatic heterocycles. The van der Waals surface area contributed by atoms with Crippen molar-refractivity contribution in [3.8, 4) is 0 Å². The van der Waals surface area contributed by atoms with E-state index >= 15 is 0 Å². The number of aliphatic hydroxyl groups is 1. The number of amides is 1. The average molecular weight is 251 g/mol. The summed E-state index contributed by atoms with van der Waals surface area (Å²) < 4.78 is 1.70. The molecular formula is C13H17NO2S. The Hall–Kier alpha value is -1.00. The zero-order valence-electron chi connectivity index (χ0n) is 10.0. The van der Waals surface area contributed by atoms with Crippen LogP contribution in [-0.4, -0.2) is 26.7 Å². The van der Waals surface area contributed by atoms with Crippen molar-refractivity contribution in [3.63, 3.8) is 0 Å². The van der Waals surface area contributed by atoms with Gasteiger partial charge < -0.3 is 5.11 Å². The van der Waals surface area contributed by atoms with E-state index in [-0.39, 0.29) is 11.9 Å². The maximum atomic E-state index is 11.7. The van der Waals surface area contributed by atoms with Crippen molar-refractivity contribution in [2.45, 2.75) is 37.7 Å². The summed E-state index contributed by atoms with van der Waals surface area (Å²) in [6.45, 7) is 4.18. The summed E-state index contributed by atoms with van der Waals surface area (Å²) in [4.78, 5) is 11.7. The molecule has 0 saturated carbocycles. The summed E-state index contributed by atoms with van der Waals surface area (Å²) >= 11 is 1.52. The smallest absolute Gasteiger partial charge is 0.264 e. The highest BCUT2D eigenvalue weighted by atomic mass is 32.2. The Labute approximate surface area is 106 Å². The first-order valence-electron chi connectivity index (χ1n) is 5.88. The standard InChI is InChI=1S/C13H17NO2S/c1-3-9(2)17-14-11(12(15)13(14)16)10-7-5-4-6-8-10/h4-9,11-12,15H,3H2,1-2H3/t9?,11-,12+/m0/s1. The van der Waals surface area contributed by atoms with E-state index in [1.807, 2.05) is 30.3 Å². The molecule has 1 heterocycles. The van der Waals surface area contributed by atoms with Crippen molar-refractivity contribution in [2.75, 3.05) is 0 Å². The Morgan fingerprint density at radius 2 is 2.06 bits per heavy atom. The van der Waals surface area contributed by atoms with Crippen LogP contribution in [0.5, 0.6) is 0 Å². The third kappa shape index (κ3) is 2.33. The molecular weight excluding hydrogens is 234 g/mol. The molecule has 0 bridgehead atoms. The van der Waals surface area contributed by atoms with Crippen LogP contribution in [-0.2, 0) is 4.79 Å². The van der Waals surface area contributed by atoms with Gasteiger partial charge in [0.05, 0.1) is 0 Å². The summed E-state index contributed by atoms with van der Waals surface area (Å²) in [7, 11) is 0. The van der Waals surface area contributed by atoms with Gasteiger partial charge in [0.25, 0.3) is 5.91 Å². The maximum Gasteiger partial charge on any atom is 0.264 e. The highest BCUT2D eigenvalue weighted by Crippen LogP contribution is 2.41. The molecule has 3 nitrogen and oxygen atoms in total. The predicted molar refractivity (Wildman–Crippen MR) is 69.4 cm³/mol. The number of carbonyl (C=O) groups is 1. The lowest BCUT2D eigenvalue weighted by Gasteiger charge is -2.44. The number of nitrogens with zero attached hydrogens (tertiary/aromatic N) is 1. The fourth-order valence-corrected chi connectivity index (χ4v) is 2.92. The molecule has 1 amide bonds. The van der Waals surface area contributed by atoms with Gasteiger partial charge in [-0.05, 0) is 23.9 Å². The van der Waals surface area contributed by atoms with E-state index in [2.05, 4.69) is 13.8 Å². The molecule has 1 aromatic carbocycles. The topological polar surface area (TPSA) is 40.5 Å². The Morgan fingerprint density at radius 1 is 1.41 bits per heavy atom. The van der Waals surface area contributed by atoms with Crippen LogP contribution in [0, 0.1) is 0 Å². The van der Waals surface area contributed by atoms with Crippen molar-refractivity contribution in [1.82, 2.24) is 4.31 Å². The van der Waals surface area contributed by atoms with Crippen LogP contribution in [0.2, 0.25) is 0 Å². The first kappa shape index (κ1) is 12.5. The molecule has 92 valence electrons. The molecule has 1 N–H and O–H groups in total. The normalized spacial score (nSPS) is 25.6. The molecule has 1 aliphatic heterocycles. The van der Waals surface area contributed by atoms with Crippen LogP contribution in [0.3, 0.4) is 0 Å². The molecule has 1 fully saturated rings. The largest absolute Gasteiger partial charge is 0.381 e. The summed E-state index contributed by atoms with van der Waals surface area (Å²) in [6, 6.07) is 9.49. The average Bonchev–Trinajstić information content (AvgIpc) is 2.38. The van der Waals surface area contributed by atoms with E-state index in [4.69, 9.17) is 0 Å². The first-order valence-corrected chi connectivity index (χ1v) is 6.71. The number of β-lactam (4-membered cyclic amide) rings is 1. The van der Waals surface area contributed by atoms with E-state index in [0.29, 0.717) is 5.25 Å². The fraction of sp³-hybridized carbons (Fsp3) is 0.462. The molecule has 0 aliphatic carbocycles. The molecule has 17 heavy (non-hydrogen) atoms. The molecule has 1 aliphatic rings. The van der Waals surface area contributed by atoms with Crippen LogP contribution in [0.15, 0.2) is 30.3 Å². The minimum Gasteiger partial charge on any atom is -0.381 e. The summed E-state index contributed by atoms with van der Waals surface area (Å²) in [5.74, 6) is -0.177. The minimum absolute atomic E-state index is 0.177. The number of aliphatic hydroxyl groups excluding tert-OH is 1. The third-order valence-electron chi connectivity index (χ3n) is 3.03. The molecule has 3 atom stereocenters. The van der Waals surface area contributed by atoms with Crippen LogP contribution in [0.4, 0.5) is 0 Å². The lowest BCUT2D eigenvalue weighted by atomic mass is 9.94. The van der Waals surface area contributed by atoms with Gasteiger partial charge >= 0.3 is 0 Å². The van der Waals surface area contributed by atoms with Gasteiger partial charge in [0.2, 0.25) is 0 Å². The van der Waals surface area contributed by atoms with E-state index in [9.17, 15) is 9.90 Å². The lowest BCUT2D eigenvalue weighted by Crippen LogP contribution is -2.55. The molecule has 1 saturated heterocycles. The molecule has 0 radical (unpaired) electrons. The van der Waals surface area contributed by atoms with E-state index in [0.717, 1.165) is 12.0 Å². The van der Waals surface area contributed by atoms with Gasteiger partial charge in [-0.1, -0.05) is 44.2 Å². The number of hydrogen-bond donors (Lipinski definition) is 1. The van der Waals surface area contributed by atoms with Crippen molar-refractivity contribution in [1.29, 1.82) is 0 Å². The van der Waals surface area contributed by atoms with Gasteiger partial charge in [-0.15, -0.1) is 0 Å². The van der Waals surface area contributed by atoms with Crippen molar-refractivity contribution in [3.05, 3.63) is 35.9 Å². The van der Waals surface area contributed by atoms with Crippen molar-refractivity contribution < 1.29 is 9.90 Å². The van der Waals surface area contributed by atoms with E-state index in [1.54, 1.807) is 4.31 Å². The van der Waals surface area contributed by atoms with Crippen LogP contribution in [0.25, 0.3) is 0 Å². The highest BCUT2D eigenvalue weighted by molar-refractivity contribution is 7.98. The maximum absolute atomic E-state index is 11.7. The van der Waals surface area contributed by atoms with Gasteiger partial charge in [-0.25, -0.2) is 0 Å². The monoisotopic (exact) mass is 251 g/mol. The number of rotatable bonds is 4. The third-order valence-corrected chi connectivity index (χ3v) is 4.36. The van der Waals surface area contributed by atoms with Gasteiger partial charge in [0.15, 0.2) is 6.10 Å². The second-order valence-corrected chi connectivity index (χ2v) is 5.70. The van der Waals surface area contributed by atoms with E-state index in [1.165, 1.54) is 11.9 Å². The Morgan fingerprint density at radius 3 is 2.65 bits per heavy atom. The second-order valence-electron chi connectivity index (χ2n) is 4.29. The predicted octanol–water partition coefficient (Wildman–Crippen LogP) is 2.38. The second kappa shape index (κ2) is 5.10. The quantitative estimate of drug-likeness (QED) is 0.660. The van der Waals surface area contributed by atoms with Crippen LogP contribution in [0.1, 0.15) is 31.9 Å². The van der Waals surface area contributed by atoms with Gasteiger partial charge in [0.1, 0.15) is 6.04 Å². The number of benzene rings is 1. The summed E-state index contributed by atoms with van der Waals surface area (Å²) in [5, 5.41) is 10.2. The van der Waals surface area contributed by atoms with Crippen molar-refractivity contribution >= 4 is 17.9 Å². The zero-order chi connectivity index (χ0) is 12.4. The van der Waals surface area contributed by atoms with E-state index < -0.39 is 6.10 Å². The van der Waals surface area contributed by atoms with Gasteiger partial charge in [-0.2, -0.15) is 0 Å². The molecule has 0 spiro atoms. The highest BCUT2D eigenvalue weighted by Gasteiger charge is 2.48. The molecule has 1 unspecified atom stereocenters. The summed E-state index contributed by atoms with van der Waals surface area (Å²) in [6.07, 6.45) is 0.125.